The average Bonchev–Trinajstić information content (AvgIpc) is 3.38. The highest BCUT2D eigenvalue weighted by Crippen LogP contribution is 2.57. The van der Waals surface area contributed by atoms with Crippen LogP contribution in [0.1, 0.15) is 83.4 Å². The molecule has 0 amide bonds. The number of hydrogen-bond acceptors (Lipinski definition) is 2. The van der Waals surface area contributed by atoms with Gasteiger partial charge in [-0.3, -0.25) is 0 Å². The normalized spacial score (nSPS) is 22.0. The number of benzene rings is 1. The highest BCUT2D eigenvalue weighted by molar-refractivity contribution is 5.81. The quantitative estimate of drug-likeness (QED) is 0.481. The molecule has 2 aliphatic rings. The van der Waals surface area contributed by atoms with Crippen molar-refractivity contribution in [3.63, 3.8) is 0 Å². The minimum Gasteiger partial charge on any atom is -0.496 e. The Morgan fingerprint density at radius 3 is 2.11 bits per heavy atom. The van der Waals surface area contributed by atoms with Gasteiger partial charge in [0.05, 0.1) is 7.11 Å². The van der Waals surface area contributed by atoms with E-state index in [4.69, 9.17) is 9.84 Å². The van der Waals surface area contributed by atoms with Gasteiger partial charge in [-0.05, 0) is 72.6 Å². The smallest absolute Gasteiger partial charge is 0.328 e. The van der Waals surface area contributed by atoms with Crippen molar-refractivity contribution >= 4 is 5.97 Å². The maximum atomic E-state index is 10.8. The van der Waals surface area contributed by atoms with Gasteiger partial charge in [-0.25, -0.2) is 4.79 Å². The van der Waals surface area contributed by atoms with Crippen LogP contribution in [0.2, 0.25) is 0 Å². The third kappa shape index (κ3) is 3.90. The maximum absolute atomic E-state index is 10.8. The minimum absolute atomic E-state index is 0.123. The molecular formula is C25H34O3. The number of fused-ring (bicyclic) bond motifs is 1. The van der Waals surface area contributed by atoms with Crippen molar-refractivity contribution < 1.29 is 14.6 Å². The first-order valence-electron chi connectivity index (χ1n) is 10.3. The highest BCUT2D eigenvalue weighted by Gasteiger charge is 2.47. The molecule has 0 spiro atoms. The molecule has 1 fully saturated rings. The van der Waals surface area contributed by atoms with Crippen LogP contribution in [0.25, 0.3) is 0 Å². The second-order valence-electron chi connectivity index (χ2n) is 9.98. The van der Waals surface area contributed by atoms with E-state index in [1.54, 1.807) is 7.11 Å². The first-order valence-corrected chi connectivity index (χ1v) is 10.3. The lowest BCUT2D eigenvalue weighted by Crippen LogP contribution is -2.34. The largest absolute Gasteiger partial charge is 0.496 e. The summed E-state index contributed by atoms with van der Waals surface area (Å²) in [5, 5.41) is 8.88. The second-order valence-corrected chi connectivity index (χ2v) is 9.98. The molecule has 0 aromatic heterocycles. The average molecular weight is 383 g/mol. The Labute approximate surface area is 169 Å². The van der Waals surface area contributed by atoms with Crippen LogP contribution in [0.4, 0.5) is 0 Å². The molecule has 0 atom stereocenters. The predicted molar refractivity (Wildman–Crippen MR) is 114 cm³/mol. The van der Waals surface area contributed by atoms with E-state index < -0.39 is 5.97 Å². The molecular weight excluding hydrogens is 348 g/mol. The summed E-state index contributed by atoms with van der Waals surface area (Å²) < 4.78 is 5.87. The molecule has 0 heterocycles. The van der Waals surface area contributed by atoms with Crippen molar-refractivity contribution in [3.05, 3.63) is 52.6 Å². The van der Waals surface area contributed by atoms with Crippen LogP contribution in [0.15, 0.2) is 35.9 Å². The van der Waals surface area contributed by atoms with Gasteiger partial charge >= 0.3 is 5.97 Å². The number of hydrogen-bond donors (Lipinski definition) is 1. The van der Waals surface area contributed by atoms with Crippen molar-refractivity contribution in [1.82, 2.24) is 0 Å². The van der Waals surface area contributed by atoms with E-state index in [1.165, 1.54) is 35.6 Å². The number of carbonyl (C=O) groups is 1. The van der Waals surface area contributed by atoms with Crippen molar-refractivity contribution in [2.75, 3.05) is 7.11 Å². The summed E-state index contributed by atoms with van der Waals surface area (Å²) >= 11 is 0. The Balaban J connectivity index is 1.98. The maximum Gasteiger partial charge on any atom is 0.328 e. The van der Waals surface area contributed by atoms with Crippen LogP contribution in [0, 0.1) is 0 Å². The van der Waals surface area contributed by atoms with Gasteiger partial charge in [0.2, 0.25) is 0 Å². The summed E-state index contributed by atoms with van der Waals surface area (Å²) in [7, 11) is 1.78. The Kier molecular flexibility index (Phi) is 5.24. The number of aliphatic carboxylic acids is 1. The Bertz CT molecular complexity index is 836. The van der Waals surface area contributed by atoms with Gasteiger partial charge in [0.1, 0.15) is 5.75 Å². The summed E-state index contributed by atoms with van der Waals surface area (Å²) in [6.45, 7) is 11.2. The van der Waals surface area contributed by atoms with E-state index in [2.05, 4.69) is 45.9 Å². The van der Waals surface area contributed by atoms with E-state index in [9.17, 15) is 4.79 Å². The van der Waals surface area contributed by atoms with Crippen molar-refractivity contribution in [2.45, 2.75) is 83.0 Å². The summed E-state index contributed by atoms with van der Waals surface area (Å²) in [5.41, 5.74) is 5.46. The molecule has 3 rings (SSSR count). The van der Waals surface area contributed by atoms with E-state index in [0.29, 0.717) is 0 Å². The first-order chi connectivity index (χ1) is 13.0. The number of carboxylic acid groups (broad SMARTS) is 1. The lowest BCUT2D eigenvalue weighted by atomic mass is 9.62. The molecule has 0 aliphatic heterocycles. The zero-order chi connectivity index (χ0) is 20.7. The van der Waals surface area contributed by atoms with Crippen molar-refractivity contribution in [2.24, 2.45) is 0 Å². The highest BCUT2D eigenvalue weighted by atomic mass is 16.5. The summed E-state index contributed by atoms with van der Waals surface area (Å²) in [4.78, 5) is 10.8. The molecule has 0 saturated heterocycles. The number of allylic oxidation sites excluding steroid dienone is 3. The van der Waals surface area contributed by atoms with Gasteiger partial charge in [-0.15, -0.1) is 0 Å². The minimum atomic E-state index is -0.899. The van der Waals surface area contributed by atoms with E-state index in [0.717, 1.165) is 30.6 Å². The molecule has 2 aliphatic carbocycles. The van der Waals surface area contributed by atoms with Crippen molar-refractivity contribution in [1.29, 1.82) is 0 Å². The van der Waals surface area contributed by atoms with E-state index in [1.807, 2.05) is 13.0 Å². The fourth-order valence-corrected chi connectivity index (χ4v) is 4.62. The zero-order valence-corrected chi connectivity index (χ0v) is 18.2. The van der Waals surface area contributed by atoms with Crippen LogP contribution in [0.5, 0.6) is 5.75 Å². The Hall–Kier alpha value is -2.03. The molecule has 1 N–H and O–H groups in total. The monoisotopic (exact) mass is 382 g/mol. The first kappa shape index (κ1) is 20.7. The van der Waals surface area contributed by atoms with Gasteiger partial charge in [0, 0.05) is 17.1 Å². The molecule has 152 valence electrons. The van der Waals surface area contributed by atoms with E-state index in [-0.39, 0.29) is 16.2 Å². The van der Waals surface area contributed by atoms with E-state index >= 15 is 0 Å². The van der Waals surface area contributed by atoms with Gasteiger partial charge in [0.15, 0.2) is 0 Å². The Morgan fingerprint density at radius 2 is 1.61 bits per heavy atom. The lowest BCUT2D eigenvalue weighted by molar-refractivity contribution is -0.131. The molecule has 0 radical (unpaired) electrons. The second kappa shape index (κ2) is 7.09. The molecule has 1 saturated carbocycles. The zero-order valence-electron chi connectivity index (χ0n) is 18.2. The molecule has 3 nitrogen and oxygen atoms in total. The molecule has 28 heavy (non-hydrogen) atoms. The molecule has 0 unspecified atom stereocenters. The van der Waals surface area contributed by atoms with Gasteiger partial charge < -0.3 is 9.84 Å². The number of carboxylic acids is 1. The standard InChI is InChI=1S/C25H34O3/c1-17(14-22(26)27)8-7-9-25(12-13-25)20-15-18-19(16-21(20)28-6)24(4,5)11-10-23(18,2)3/h7-8,14-16H,9-13H2,1-6H3,(H,26,27)/b8-7+,17-14+. The van der Waals surface area contributed by atoms with Gasteiger partial charge in [-0.1, -0.05) is 45.9 Å². The molecule has 3 heteroatoms. The van der Waals surface area contributed by atoms with Gasteiger partial charge in [-0.2, -0.15) is 0 Å². The lowest BCUT2D eigenvalue weighted by Gasteiger charge is -2.42. The van der Waals surface area contributed by atoms with Crippen molar-refractivity contribution in [3.8, 4) is 5.75 Å². The molecule has 1 aromatic rings. The fourth-order valence-electron chi connectivity index (χ4n) is 4.62. The Morgan fingerprint density at radius 1 is 1.04 bits per heavy atom. The third-order valence-electron chi connectivity index (χ3n) is 6.84. The number of ether oxygens (including phenoxy) is 1. The van der Waals surface area contributed by atoms with Crippen LogP contribution >= 0.6 is 0 Å². The topological polar surface area (TPSA) is 46.5 Å². The molecule has 0 bridgehead atoms. The fraction of sp³-hybridized carbons (Fsp3) is 0.560. The SMILES string of the molecule is COc1cc2c(cc1C1(C/C=C/C(C)=C/C(=O)O)CC1)C(C)(C)CCC2(C)C. The third-order valence-corrected chi connectivity index (χ3v) is 6.84. The summed E-state index contributed by atoms with van der Waals surface area (Å²) in [6, 6.07) is 4.72. The molecule has 1 aromatic carbocycles. The number of methoxy groups -OCH3 is 1. The summed E-state index contributed by atoms with van der Waals surface area (Å²) in [5.74, 6) is 0.109. The van der Waals surface area contributed by atoms with Crippen LogP contribution in [-0.2, 0) is 21.0 Å². The van der Waals surface area contributed by atoms with Crippen LogP contribution in [0.3, 0.4) is 0 Å². The van der Waals surface area contributed by atoms with Crippen LogP contribution in [-0.4, -0.2) is 18.2 Å². The number of rotatable bonds is 6. The predicted octanol–water partition coefficient (Wildman–Crippen LogP) is 6.05. The van der Waals surface area contributed by atoms with Crippen LogP contribution < -0.4 is 4.74 Å². The summed E-state index contributed by atoms with van der Waals surface area (Å²) in [6.07, 6.45) is 10.9. The van der Waals surface area contributed by atoms with Gasteiger partial charge in [0.25, 0.3) is 0 Å².